The summed E-state index contributed by atoms with van der Waals surface area (Å²) in [6.07, 6.45) is 5.13. The fourth-order valence-corrected chi connectivity index (χ4v) is 5.66. The number of carbonyl (C=O) groups excluding carboxylic acids is 2. The van der Waals surface area contributed by atoms with Crippen molar-refractivity contribution in [2.24, 2.45) is 0 Å². The molecular weight excluding hydrogens is 366 g/mol. The molecule has 2 aliphatic heterocycles. The molecule has 146 valence electrons. The minimum absolute atomic E-state index is 0.0954. The van der Waals surface area contributed by atoms with E-state index in [4.69, 9.17) is 0 Å². The summed E-state index contributed by atoms with van der Waals surface area (Å²) in [7, 11) is -3.55. The van der Waals surface area contributed by atoms with E-state index < -0.39 is 16.1 Å². The Morgan fingerprint density at radius 2 is 1.70 bits per heavy atom. The maximum atomic E-state index is 13.0. The molecular formula is C19H25N3O4S. The molecule has 2 fully saturated rings. The lowest BCUT2D eigenvalue weighted by molar-refractivity contribution is -0.135. The maximum Gasteiger partial charge on any atom is 0.245 e. The minimum atomic E-state index is -3.55. The third-order valence-electron chi connectivity index (χ3n) is 5.80. The van der Waals surface area contributed by atoms with Crippen LogP contribution in [0.25, 0.3) is 0 Å². The first kappa shape index (κ1) is 18.4. The molecule has 2 saturated heterocycles. The molecule has 1 N–H and O–H groups in total. The molecule has 4 rings (SSSR count). The first-order valence-corrected chi connectivity index (χ1v) is 11.1. The summed E-state index contributed by atoms with van der Waals surface area (Å²) < 4.78 is 27.5. The predicted molar refractivity (Wildman–Crippen MR) is 99.6 cm³/mol. The Morgan fingerprint density at radius 3 is 2.37 bits per heavy atom. The Bertz CT molecular complexity index is 860. The number of nitrogens with zero attached hydrogens (tertiary/aromatic N) is 2. The van der Waals surface area contributed by atoms with Gasteiger partial charge in [0.2, 0.25) is 21.8 Å². The van der Waals surface area contributed by atoms with Crippen LogP contribution in [0.5, 0.6) is 0 Å². The summed E-state index contributed by atoms with van der Waals surface area (Å²) in [5.74, 6) is -0.200. The van der Waals surface area contributed by atoms with Crippen molar-refractivity contribution in [3.63, 3.8) is 0 Å². The second-order valence-corrected chi connectivity index (χ2v) is 9.46. The van der Waals surface area contributed by atoms with Gasteiger partial charge in [0.1, 0.15) is 6.04 Å². The fourth-order valence-electron chi connectivity index (χ4n) is 4.19. The van der Waals surface area contributed by atoms with Gasteiger partial charge in [-0.2, -0.15) is 4.31 Å². The Labute approximate surface area is 159 Å². The van der Waals surface area contributed by atoms with Gasteiger partial charge in [0.15, 0.2) is 0 Å². The van der Waals surface area contributed by atoms with E-state index in [1.165, 1.54) is 9.87 Å². The highest BCUT2D eigenvalue weighted by Crippen LogP contribution is 2.26. The van der Waals surface area contributed by atoms with Crippen molar-refractivity contribution in [3.05, 3.63) is 29.3 Å². The quantitative estimate of drug-likeness (QED) is 0.821. The number of fused-ring (bicyclic) bond motifs is 1. The summed E-state index contributed by atoms with van der Waals surface area (Å²) in [6.45, 7) is 1.28. The summed E-state index contributed by atoms with van der Waals surface area (Å²) in [6, 6.07) is 5.03. The van der Waals surface area contributed by atoms with Crippen LogP contribution >= 0.6 is 0 Å². The molecule has 8 heteroatoms. The highest BCUT2D eigenvalue weighted by Gasteiger charge is 2.35. The molecule has 2 heterocycles. The van der Waals surface area contributed by atoms with Gasteiger partial charge in [-0.15, -0.1) is 0 Å². The molecule has 2 amide bonds. The topological polar surface area (TPSA) is 86.8 Å². The summed E-state index contributed by atoms with van der Waals surface area (Å²) in [5.41, 5.74) is 2.40. The van der Waals surface area contributed by atoms with Gasteiger partial charge in [-0.05, 0) is 55.4 Å². The molecule has 1 atom stereocenters. The van der Waals surface area contributed by atoms with Crippen LogP contribution in [0.1, 0.15) is 36.8 Å². The van der Waals surface area contributed by atoms with Crippen molar-refractivity contribution in [2.45, 2.75) is 49.5 Å². The number of rotatable bonds is 3. The van der Waals surface area contributed by atoms with Gasteiger partial charge in [0.25, 0.3) is 0 Å². The van der Waals surface area contributed by atoms with Crippen LogP contribution in [0, 0.1) is 0 Å². The lowest BCUT2D eigenvalue weighted by atomic mass is 9.92. The maximum absolute atomic E-state index is 13.0. The van der Waals surface area contributed by atoms with Crippen molar-refractivity contribution in [1.29, 1.82) is 0 Å². The molecule has 27 heavy (non-hydrogen) atoms. The largest absolute Gasteiger partial charge is 0.344 e. The smallest absolute Gasteiger partial charge is 0.245 e. The molecule has 1 aromatic rings. The molecule has 0 unspecified atom stereocenters. The number of nitrogens with one attached hydrogen (secondary N) is 1. The first-order chi connectivity index (χ1) is 12.9. The number of hydrogen-bond acceptors (Lipinski definition) is 4. The van der Waals surface area contributed by atoms with Crippen molar-refractivity contribution >= 4 is 21.8 Å². The molecule has 0 aromatic heterocycles. The zero-order valence-corrected chi connectivity index (χ0v) is 16.1. The Kier molecular flexibility index (Phi) is 4.94. The number of carbonyl (C=O) groups is 2. The van der Waals surface area contributed by atoms with Crippen molar-refractivity contribution in [3.8, 4) is 0 Å². The molecule has 0 spiro atoms. The van der Waals surface area contributed by atoms with Crippen LogP contribution in [0.2, 0.25) is 0 Å². The molecule has 0 bridgehead atoms. The zero-order chi connectivity index (χ0) is 19.0. The van der Waals surface area contributed by atoms with Gasteiger partial charge >= 0.3 is 0 Å². The standard InChI is InChI=1S/C19H25N3O4S/c23-18-8-7-17(20-18)19(24)21-9-11-22(12-10-21)27(25,26)16-6-5-14-3-1-2-4-15(14)13-16/h5-6,13,17H,1-4,7-12H2,(H,20,23)/t17-/m1/s1. The zero-order valence-electron chi connectivity index (χ0n) is 15.3. The number of hydrogen-bond donors (Lipinski definition) is 1. The number of aryl methyl sites for hydroxylation is 2. The Balaban J connectivity index is 1.42. The van der Waals surface area contributed by atoms with Gasteiger partial charge in [-0.3, -0.25) is 9.59 Å². The molecule has 3 aliphatic rings. The van der Waals surface area contributed by atoms with E-state index >= 15 is 0 Å². The summed E-state index contributed by atoms with van der Waals surface area (Å²) in [4.78, 5) is 25.8. The molecule has 0 saturated carbocycles. The molecule has 1 aromatic carbocycles. The van der Waals surface area contributed by atoms with Gasteiger partial charge in [-0.25, -0.2) is 8.42 Å². The second kappa shape index (κ2) is 7.24. The number of sulfonamides is 1. The third kappa shape index (κ3) is 3.60. The van der Waals surface area contributed by atoms with Crippen LogP contribution in [-0.2, 0) is 32.5 Å². The van der Waals surface area contributed by atoms with E-state index in [-0.39, 0.29) is 24.9 Å². The van der Waals surface area contributed by atoms with Gasteiger partial charge in [0, 0.05) is 32.6 Å². The van der Waals surface area contributed by atoms with Crippen LogP contribution in [0.3, 0.4) is 0 Å². The monoisotopic (exact) mass is 391 g/mol. The van der Waals surface area contributed by atoms with Crippen molar-refractivity contribution in [2.75, 3.05) is 26.2 Å². The van der Waals surface area contributed by atoms with Gasteiger partial charge in [0.05, 0.1) is 4.90 Å². The Hall–Kier alpha value is -1.93. The number of benzene rings is 1. The summed E-state index contributed by atoms with van der Waals surface area (Å²) >= 11 is 0. The average molecular weight is 391 g/mol. The van der Waals surface area contributed by atoms with Gasteiger partial charge < -0.3 is 10.2 Å². The average Bonchev–Trinajstić information content (AvgIpc) is 3.13. The summed E-state index contributed by atoms with van der Waals surface area (Å²) in [5, 5.41) is 2.69. The highest BCUT2D eigenvalue weighted by atomic mass is 32.2. The van der Waals surface area contributed by atoms with Crippen LogP contribution < -0.4 is 5.32 Å². The minimum Gasteiger partial charge on any atom is -0.344 e. The third-order valence-corrected chi connectivity index (χ3v) is 7.70. The molecule has 1 aliphatic carbocycles. The van der Waals surface area contributed by atoms with E-state index in [1.54, 1.807) is 11.0 Å². The highest BCUT2D eigenvalue weighted by molar-refractivity contribution is 7.89. The SMILES string of the molecule is O=C1CC[C@H](C(=O)N2CCN(S(=O)(=O)c3ccc4c(c3)CCCC4)CC2)N1. The molecule has 7 nitrogen and oxygen atoms in total. The van der Waals surface area contributed by atoms with Crippen LogP contribution in [0.15, 0.2) is 23.1 Å². The van der Waals surface area contributed by atoms with Crippen LogP contribution in [0.4, 0.5) is 0 Å². The van der Waals surface area contributed by atoms with Gasteiger partial charge in [-0.1, -0.05) is 6.07 Å². The van der Waals surface area contributed by atoms with E-state index in [0.717, 1.165) is 31.2 Å². The fraction of sp³-hybridized carbons (Fsp3) is 0.579. The van der Waals surface area contributed by atoms with E-state index in [1.807, 2.05) is 12.1 Å². The van der Waals surface area contributed by atoms with Crippen molar-refractivity contribution in [1.82, 2.24) is 14.5 Å². The molecule has 0 radical (unpaired) electrons. The second-order valence-electron chi connectivity index (χ2n) is 7.53. The number of amides is 2. The van der Waals surface area contributed by atoms with E-state index in [9.17, 15) is 18.0 Å². The number of piperazine rings is 1. The lowest BCUT2D eigenvalue weighted by Gasteiger charge is -2.35. The van der Waals surface area contributed by atoms with E-state index in [0.29, 0.717) is 30.8 Å². The predicted octanol–water partition coefficient (Wildman–Crippen LogP) is 0.677. The van der Waals surface area contributed by atoms with E-state index in [2.05, 4.69) is 5.32 Å². The van der Waals surface area contributed by atoms with Crippen molar-refractivity contribution < 1.29 is 18.0 Å². The Morgan fingerprint density at radius 1 is 1.00 bits per heavy atom. The first-order valence-electron chi connectivity index (χ1n) is 9.65. The van der Waals surface area contributed by atoms with Crippen LogP contribution in [-0.4, -0.2) is 61.7 Å². The lowest BCUT2D eigenvalue weighted by Crippen LogP contribution is -2.54. The normalized spacial score (nSPS) is 23.8.